The summed E-state index contributed by atoms with van der Waals surface area (Å²) in [7, 11) is -7.80. The molecule has 1 aromatic carbocycles. The van der Waals surface area contributed by atoms with Crippen LogP contribution in [-0.2, 0) is 31.0 Å². The fourth-order valence-electron chi connectivity index (χ4n) is 4.21. The quantitative estimate of drug-likeness (QED) is 0.627. The third-order valence-electron chi connectivity index (χ3n) is 5.74. The molecule has 0 fully saturated rings. The number of pyridine rings is 1. The Kier molecular flexibility index (Phi) is 5.80. The first-order chi connectivity index (χ1) is 16.1. The van der Waals surface area contributed by atoms with Crippen molar-refractivity contribution in [2.24, 2.45) is 5.41 Å². The zero-order valence-corrected chi connectivity index (χ0v) is 21.0. The summed E-state index contributed by atoms with van der Waals surface area (Å²) in [5.74, 6) is -1.47. The molecule has 35 heavy (non-hydrogen) atoms. The van der Waals surface area contributed by atoms with Crippen LogP contribution in [0.1, 0.15) is 26.5 Å². The van der Waals surface area contributed by atoms with Gasteiger partial charge in [-0.3, -0.25) is 9.78 Å². The number of nitrogens with one attached hydrogen (secondary N) is 1. The van der Waals surface area contributed by atoms with Gasteiger partial charge in [-0.15, -0.1) is 0 Å². The van der Waals surface area contributed by atoms with Gasteiger partial charge in [0.15, 0.2) is 9.84 Å². The van der Waals surface area contributed by atoms with Crippen LogP contribution in [0.15, 0.2) is 68.8 Å². The highest BCUT2D eigenvalue weighted by Gasteiger charge is 2.47. The Labute approximate surface area is 202 Å². The van der Waals surface area contributed by atoms with Gasteiger partial charge in [0.1, 0.15) is 17.1 Å². The Balaban J connectivity index is 1.78. The lowest BCUT2D eigenvalue weighted by atomic mass is 9.85. The van der Waals surface area contributed by atoms with Crippen molar-refractivity contribution in [2.45, 2.75) is 43.1 Å². The molecule has 2 N–H and O–H groups in total. The first kappa shape index (κ1) is 24.9. The van der Waals surface area contributed by atoms with Crippen molar-refractivity contribution < 1.29 is 31.1 Å². The van der Waals surface area contributed by atoms with Crippen molar-refractivity contribution in [3.63, 3.8) is 0 Å². The van der Waals surface area contributed by atoms with Crippen LogP contribution in [0.3, 0.4) is 0 Å². The van der Waals surface area contributed by atoms with Gasteiger partial charge in [0.2, 0.25) is 9.84 Å². The fraction of sp³-hybridized carbons (Fsp3) is 0.304. The summed E-state index contributed by atoms with van der Waals surface area (Å²) in [6, 6.07) is 5.44. The third kappa shape index (κ3) is 4.55. The second kappa shape index (κ2) is 8.16. The number of benzene rings is 1. The lowest BCUT2D eigenvalue weighted by Gasteiger charge is -2.35. The Hall–Kier alpha value is -3.25. The Bertz CT molecular complexity index is 1510. The number of aliphatic hydroxyl groups is 1. The predicted octanol–water partition coefficient (Wildman–Crippen LogP) is 2.93. The van der Waals surface area contributed by atoms with Crippen molar-refractivity contribution in [1.29, 1.82) is 0 Å². The zero-order chi connectivity index (χ0) is 25.9. The van der Waals surface area contributed by atoms with Crippen LogP contribution in [0.5, 0.6) is 0 Å². The van der Waals surface area contributed by atoms with E-state index in [1.165, 1.54) is 29.2 Å². The van der Waals surface area contributed by atoms with Crippen molar-refractivity contribution in [3.8, 4) is 0 Å². The lowest BCUT2D eigenvalue weighted by molar-refractivity contribution is -0.129. The molecule has 2 aliphatic heterocycles. The summed E-state index contributed by atoms with van der Waals surface area (Å²) in [6.45, 7) is 5.41. The average Bonchev–Trinajstić information content (AvgIpc) is 2.97. The van der Waals surface area contributed by atoms with E-state index in [0.717, 1.165) is 23.9 Å². The number of anilines is 1. The molecular weight excluding hydrogens is 497 g/mol. The summed E-state index contributed by atoms with van der Waals surface area (Å²) in [6.07, 6.45) is 1.99. The minimum atomic E-state index is -4.15. The Morgan fingerprint density at radius 1 is 1.20 bits per heavy atom. The number of nitrogens with zero attached hydrogens (tertiary/aromatic N) is 2. The highest BCUT2D eigenvalue weighted by molar-refractivity contribution is 7.94. The number of carbonyl (C=O) groups is 1. The number of hydrogen-bond acceptors (Lipinski definition) is 8. The lowest BCUT2D eigenvalue weighted by Crippen LogP contribution is -2.43. The van der Waals surface area contributed by atoms with Gasteiger partial charge in [-0.05, 0) is 35.7 Å². The average molecular weight is 522 g/mol. The van der Waals surface area contributed by atoms with Gasteiger partial charge < -0.3 is 15.3 Å². The zero-order valence-electron chi connectivity index (χ0n) is 19.4. The molecule has 4 rings (SSSR count). The maximum absolute atomic E-state index is 13.5. The second-order valence-electron chi connectivity index (χ2n) is 9.56. The van der Waals surface area contributed by atoms with E-state index in [0.29, 0.717) is 5.69 Å². The van der Waals surface area contributed by atoms with Crippen molar-refractivity contribution in [1.82, 2.24) is 9.88 Å². The summed E-state index contributed by atoms with van der Waals surface area (Å²) < 4.78 is 63.1. The van der Waals surface area contributed by atoms with Crippen LogP contribution >= 0.6 is 0 Å². The highest BCUT2D eigenvalue weighted by Crippen LogP contribution is 2.42. The molecule has 1 aromatic heterocycles. The van der Waals surface area contributed by atoms with Crippen LogP contribution < -0.4 is 5.32 Å². The molecule has 12 heteroatoms. The predicted molar refractivity (Wildman–Crippen MR) is 126 cm³/mol. The summed E-state index contributed by atoms with van der Waals surface area (Å²) >= 11 is 0. The molecule has 0 aliphatic carbocycles. The summed E-state index contributed by atoms with van der Waals surface area (Å²) in [5, 5.41) is 14.8. The molecule has 9 nitrogen and oxygen atoms in total. The van der Waals surface area contributed by atoms with Gasteiger partial charge in [-0.2, -0.15) is 0 Å². The standard InChI is InChI=1S/C23H24FN3O6S2/c1-23(2,3)21-20(28)19(22(29)27(21)11-14-6-5-13(24)10-25-14)17-12-35(32,33)18-9-15(34(4,30)31)7-8-16(18)26-17/h5-10,12,21,26,28H,11H2,1-4H3. The largest absolute Gasteiger partial charge is 0.509 e. The molecule has 186 valence electrons. The van der Waals surface area contributed by atoms with Crippen molar-refractivity contribution >= 4 is 31.3 Å². The molecule has 0 saturated carbocycles. The number of carbonyl (C=O) groups excluding carboxylic acids is 1. The number of halogens is 1. The third-order valence-corrected chi connectivity index (χ3v) is 8.35. The molecule has 0 saturated heterocycles. The maximum Gasteiger partial charge on any atom is 0.260 e. The van der Waals surface area contributed by atoms with Gasteiger partial charge >= 0.3 is 0 Å². The van der Waals surface area contributed by atoms with Crippen molar-refractivity contribution in [2.75, 3.05) is 11.6 Å². The van der Waals surface area contributed by atoms with Gasteiger partial charge in [0.05, 0.1) is 51.1 Å². The Morgan fingerprint density at radius 3 is 2.46 bits per heavy atom. The normalized spacial score (nSPS) is 19.9. The number of hydrogen-bond donors (Lipinski definition) is 2. The monoisotopic (exact) mass is 521 g/mol. The molecule has 0 spiro atoms. The van der Waals surface area contributed by atoms with E-state index in [9.17, 15) is 31.1 Å². The van der Waals surface area contributed by atoms with Crippen LogP contribution in [0.4, 0.5) is 10.1 Å². The maximum atomic E-state index is 13.5. The van der Waals surface area contributed by atoms with Crippen LogP contribution in [0.25, 0.3) is 0 Å². The smallest absolute Gasteiger partial charge is 0.260 e. The number of fused-ring (bicyclic) bond motifs is 1. The molecule has 1 amide bonds. The Morgan fingerprint density at radius 2 is 1.89 bits per heavy atom. The van der Waals surface area contributed by atoms with Gasteiger partial charge in [0, 0.05) is 6.26 Å². The summed E-state index contributed by atoms with van der Waals surface area (Å²) in [4.78, 5) is 18.4. The van der Waals surface area contributed by atoms with Gasteiger partial charge in [0.25, 0.3) is 5.91 Å². The number of amides is 1. The number of sulfone groups is 2. The SMILES string of the molecule is CC(C)(C)C1C(O)=C(C2=CS(=O)(=O)c3cc(S(C)(=O)=O)ccc3N2)C(=O)N1Cc1ccc(F)cn1. The van der Waals surface area contributed by atoms with Crippen molar-refractivity contribution in [3.05, 3.63) is 70.5 Å². The molecule has 1 atom stereocenters. The number of rotatable bonds is 4. The highest BCUT2D eigenvalue weighted by atomic mass is 32.2. The fourth-order valence-corrected chi connectivity index (χ4v) is 6.26. The van der Waals surface area contributed by atoms with Crippen LogP contribution in [0.2, 0.25) is 0 Å². The minimum Gasteiger partial charge on any atom is -0.509 e. The number of aliphatic hydroxyl groups excluding tert-OH is 1. The first-order valence-corrected chi connectivity index (χ1v) is 14.0. The van der Waals surface area contributed by atoms with E-state index in [1.54, 1.807) is 0 Å². The van der Waals surface area contributed by atoms with E-state index >= 15 is 0 Å². The molecule has 2 aliphatic rings. The molecule has 2 aromatic rings. The van der Waals surface area contributed by atoms with Gasteiger partial charge in [-0.25, -0.2) is 21.2 Å². The molecule has 1 unspecified atom stereocenters. The van der Waals surface area contributed by atoms with E-state index in [2.05, 4.69) is 10.3 Å². The van der Waals surface area contributed by atoms with Gasteiger partial charge in [-0.1, -0.05) is 20.8 Å². The molecule has 3 heterocycles. The first-order valence-electron chi connectivity index (χ1n) is 10.5. The number of aromatic nitrogens is 1. The summed E-state index contributed by atoms with van der Waals surface area (Å²) in [5.41, 5.74) is -0.518. The van der Waals surface area contributed by atoms with E-state index < -0.39 is 42.9 Å². The molecular formula is C23H24FN3O6S2. The molecule has 0 radical (unpaired) electrons. The van der Waals surface area contributed by atoms with E-state index in [4.69, 9.17) is 0 Å². The second-order valence-corrected chi connectivity index (χ2v) is 13.3. The van der Waals surface area contributed by atoms with Crippen LogP contribution in [-0.4, -0.2) is 50.0 Å². The van der Waals surface area contributed by atoms with E-state index in [1.807, 2.05) is 20.8 Å². The minimum absolute atomic E-state index is 0.0387. The van der Waals surface area contributed by atoms with E-state index in [-0.39, 0.29) is 39.1 Å². The van der Waals surface area contributed by atoms with Crippen LogP contribution in [0, 0.1) is 11.2 Å². The topological polar surface area (TPSA) is 134 Å². The molecule has 0 bridgehead atoms.